The van der Waals surface area contributed by atoms with Crippen LogP contribution in [0.4, 0.5) is 0 Å². The molecule has 104 valence electrons. The number of Topliss-reactive ketones (excluding diaryl/α,β-unsaturated/α-hetero) is 1. The zero-order chi connectivity index (χ0) is 15.0. The predicted molar refractivity (Wildman–Crippen MR) is 67.0 cm³/mol. The summed E-state index contributed by atoms with van der Waals surface area (Å²) in [6.07, 6.45) is 0. The van der Waals surface area contributed by atoms with Gasteiger partial charge >= 0.3 is 17.7 Å². The summed E-state index contributed by atoms with van der Waals surface area (Å²) in [6.45, 7) is 0.965. The molecular weight excluding hydrogens is 264 g/mol. The Labute approximate surface area is 114 Å². The maximum Gasteiger partial charge on any atom is 0.482 e. The predicted octanol–water partition coefficient (Wildman–Crippen LogP) is 0.646. The van der Waals surface area contributed by atoms with Crippen molar-refractivity contribution in [2.75, 3.05) is 13.2 Å². The highest BCUT2D eigenvalue weighted by Gasteiger charge is 2.33. The van der Waals surface area contributed by atoms with Gasteiger partial charge in [0, 0.05) is 5.56 Å². The van der Waals surface area contributed by atoms with E-state index >= 15 is 0 Å². The molecule has 0 saturated carbocycles. The van der Waals surface area contributed by atoms with Gasteiger partial charge in [0.2, 0.25) is 0 Å². The van der Waals surface area contributed by atoms with Crippen molar-refractivity contribution in [2.24, 2.45) is 0 Å². The Morgan fingerprint density at radius 2 is 1.70 bits per heavy atom. The van der Waals surface area contributed by atoms with Gasteiger partial charge < -0.3 is 15.0 Å². The lowest BCUT2D eigenvalue weighted by Gasteiger charge is -2.01. The summed E-state index contributed by atoms with van der Waals surface area (Å²) in [5.41, 5.74) is 8.03. The molecule has 0 atom stereocenters. The van der Waals surface area contributed by atoms with E-state index < -0.39 is 30.0 Å². The highest BCUT2D eigenvalue weighted by molar-refractivity contribution is 6.60. The number of carbonyl (C=O) groups excluding carboxylic acids is 3. The molecule has 0 aliphatic rings. The standard InChI is InChI=1S/C13H12N2O5/c1-2-19-12(17)11(15-14)13(18)20-8-10(16)9-6-4-3-5-7-9/h3-7H,2,8H2,1H3. The second-order valence-corrected chi connectivity index (χ2v) is 3.53. The van der Waals surface area contributed by atoms with Gasteiger partial charge in [0.1, 0.15) is 0 Å². The number of carbonyl (C=O) groups is 3. The number of nitrogens with zero attached hydrogens (tertiary/aromatic N) is 2. The molecule has 1 aromatic rings. The van der Waals surface area contributed by atoms with E-state index in [9.17, 15) is 14.4 Å². The van der Waals surface area contributed by atoms with Crippen LogP contribution in [0.3, 0.4) is 0 Å². The molecule has 20 heavy (non-hydrogen) atoms. The maximum absolute atomic E-state index is 11.7. The van der Waals surface area contributed by atoms with Gasteiger partial charge in [-0.05, 0) is 6.92 Å². The van der Waals surface area contributed by atoms with Gasteiger partial charge in [-0.2, -0.15) is 4.79 Å². The molecule has 0 bridgehead atoms. The largest absolute Gasteiger partial charge is 0.482 e. The maximum atomic E-state index is 11.7. The topological polar surface area (TPSA) is 106 Å². The van der Waals surface area contributed by atoms with E-state index in [-0.39, 0.29) is 6.61 Å². The summed E-state index contributed by atoms with van der Waals surface area (Å²) in [5, 5.41) is 0. The third-order valence-electron chi connectivity index (χ3n) is 2.19. The smallest absolute Gasteiger partial charge is 0.457 e. The van der Waals surface area contributed by atoms with Crippen molar-refractivity contribution < 1.29 is 28.6 Å². The second-order valence-electron chi connectivity index (χ2n) is 3.53. The van der Waals surface area contributed by atoms with Crippen LogP contribution in [0.2, 0.25) is 0 Å². The number of hydrogen-bond acceptors (Lipinski definition) is 5. The van der Waals surface area contributed by atoms with Crippen LogP contribution in [0.25, 0.3) is 5.53 Å². The molecule has 7 heteroatoms. The van der Waals surface area contributed by atoms with Crippen molar-refractivity contribution >= 4 is 23.4 Å². The number of ether oxygens (including phenoxy) is 2. The molecule has 0 fully saturated rings. The van der Waals surface area contributed by atoms with E-state index in [1.165, 1.54) is 6.92 Å². The van der Waals surface area contributed by atoms with Crippen molar-refractivity contribution in [3.05, 3.63) is 41.4 Å². The molecule has 0 heterocycles. The van der Waals surface area contributed by atoms with Gasteiger partial charge in [-0.1, -0.05) is 30.3 Å². The molecule has 0 aliphatic carbocycles. The van der Waals surface area contributed by atoms with E-state index in [2.05, 4.69) is 14.3 Å². The molecule has 0 N–H and O–H groups in total. The van der Waals surface area contributed by atoms with Gasteiger partial charge in [0.05, 0.1) is 6.61 Å². The van der Waals surface area contributed by atoms with E-state index in [0.717, 1.165) is 0 Å². The molecule has 0 spiro atoms. The zero-order valence-corrected chi connectivity index (χ0v) is 10.7. The lowest BCUT2D eigenvalue weighted by molar-refractivity contribution is -0.148. The first-order chi connectivity index (χ1) is 9.60. The number of ketones is 1. The van der Waals surface area contributed by atoms with Gasteiger partial charge in [-0.3, -0.25) is 4.79 Å². The minimum Gasteiger partial charge on any atom is -0.457 e. The van der Waals surface area contributed by atoms with Crippen LogP contribution in [0.15, 0.2) is 30.3 Å². The van der Waals surface area contributed by atoms with E-state index in [0.29, 0.717) is 5.56 Å². The fourth-order valence-electron chi connectivity index (χ4n) is 1.27. The molecule has 1 aromatic carbocycles. The van der Waals surface area contributed by atoms with E-state index in [4.69, 9.17) is 5.53 Å². The van der Waals surface area contributed by atoms with Crippen LogP contribution in [0, 0.1) is 0 Å². The molecule has 7 nitrogen and oxygen atoms in total. The summed E-state index contributed by atoms with van der Waals surface area (Å²) in [7, 11) is 0. The number of hydrogen-bond donors (Lipinski definition) is 0. The van der Waals surface area contributed by atoms with E-state index in [1.54, 1.807) is 30.3 Å². The Kier molecular flexibility index (Phi) is 5.80. The zero-order valence-electron chi connectivity index (χ0n) is 10.7. The van der Waals surface area contributed by atoms with Crippen LogP contribution in [0.5, 0.6) is 0 Å². The Morgan fingerprint density at radius 3 is 2.25 bits per heavy atom. The molecule has 0 aliphatic heterocycles. The summed E-state index contributed by atoms with van der Waals surface area (Å²) in [4.78, 5) is 36.9. The normalized spacial score (nSPS) is 9.25. The Bertz CT molecular complexity index is 561. The van der Waals surface area contributed by atoms with Gasteiger partial charge in [0.25, 0.3) is 0 Å². The highest BCUT2D eigenvalue weighted by Crippen LogP contribution is 2.00. The quantitative estimate of drug-likeness (QED) is 0.189. The van der Waals surface area contributed by atoms with E-state index in [1.807, 2.05) is 0 Å². The van der Waals surface area contributed by atoms with Crippen molar-refractivity contribution in [1.82, 2.24) is 0 Å². The van der Waals surface area contributed by atoms with Crippen molar-refractivity contribution in [3.63, 3.8) is 0 Å². The summed E-state index contributed by atoms with van der Waals surface area (Å²) in [6, 6.07) is 8.17. The first kappa shape index (κ1) is 15.3. The van der Waals surface area contributed by atoms with Gasteiger partial charge in [0.15, 0.2) is 12.4 Å². The Balaban J connectivity index is 2.61. The van der Waals surface area contributed by atoms with Crippen molar-refractivity contribution in [1.29, 1.82) is 0 Å². The molecule has 1 rings (SSSR count). The molecule has 0 unspecified atom stereocenters. The van der Waals surface area contributed by atoms with Crippen LogP contribution in [0.1, 0.15) is 17.3 Å². The Hall–Kier alpha value is -2.79. The summed E-state index contributed by atoms with van der Waals surface area (Å²) in [5.74, 6) is -2.79. The second kappa shape index (κ2) is 7.60. The number of esters is 2. The number of benzene rings is 1. The lowest BCUT2D eigenvalue weighted by atomic mass is 10.1. The third-order valence-corrected chi connectivity index (χ3v) is 2.19. The fraction of sp³-hybridized carbons (Fsp3) is 0.231. The minimum absolute atomic E-state index is 0.00802. The van der Waals surface area contributed by atoms with Crippen LogP contribution < -0.4 is 0 Å². The average molecular weight is 276 g/mol. The molecule has 0 aromatic heterocycles. The van der Waals surface area contributed by atoms with Gasteiger partial charge in [-0.25, -0.2) is 9.59 Å². The molecule has 0 saturated heterocycles. The SMILES string of the molecule is CCOC(=O)C(=[N+]=[N-])C(=O)OCC(=O)c1ccccc1. The molecule has 0 amide bonds. The molecular formula is C13H12N2O5. The lowest BCUT2D eigenvalue weighted by Crippen LogP contribution is -2.30. The van der Waals surface area contributed by atoms with Crippen LogP contribution >= 0.6 is 0 Å². The monoisotopic (exact) mass is 276 g/mol. The highest BCUT2D eigenvalue weighted by atomic mass is 16.6. The summed E-state index contributed by atoms with van der Waals surface area (Å²) >= 11 is 0. The third kappa shape index (κ3) is 4.15. The average Bonchev–Trinajstić information content (AvgIpc) is 2.46. The number of rotatable bonds is 6. The fourth-order valence-corrected chi connectivity index (χ4v) is 1.27. The molecule has 0 radical (unpaired) electrons. The first-order valence-electron chi connectivity index (χ1n) is 5.74. The van der Waals surface area contributed by atoms with Crippen molar-refractivity contribution in [2.45, 2.75) is 6.92 Å². The van der Waals surface area contributed by atoms with Crippen LogP contribution in [-0.2, 0) is 19.1 Å². The van der Waals surface area contributed by atoms with Crippen LogP contribution in [-0.4, -0.2) is 41.4 Å². The first-order valence-corrected chi connectivity index (χ1v) is 5.74. The minimum atomic E-state index is -1.23. The summed E-state index contributed by atoms with van der Waals surface area (Å²) < 4.78 is 9.09. The van der Waals surface area contributed by atoms with Crippen molar-refractivity contribution in [3.8, 4) is 0 Å². The van der Waals surface area contributed by atoms with Gasteiger partial charge in [-0.15, -0.1) is 0 Å². The Morgan fingerprint density at radius 1 is 1.10 bits per heavy atom.